The number of thiophene rings is 1. The molecular formula is C17H20N6O2S. The summed E-state index contributed by atoms with van der Waals surface area (Å²) in [6.45, 7) is 4.95. The first-order chi connectivity index (χ1) is 12.6. The van der Waals surface area contributed by atoms with Crippen LogP contribution >= 0.6 is 11.3 Å². The third-order valence-corrected chi connectivity index (χ3v) is 5.20. The fourth-order valence-corrected chi connectivity index (χ4v) is 3.71. The maximum absolute atomic E-state index is 12.8. The summed E-state index contributed by atoms with van der Waals surface area (Å²) in [6.07, 6.45) is 3.57. The predicted molar refractivity (Wildman–Crippen MR) is 95.4 cm³/mol. The Bertz CT molecular complexity index is 885. The fourth-order valence-electron chi connectivity index (χ4n) is 3.08. The first-order valence-electron chi connectivity index (χ1n) is 8.67. The highest BCUT2D eigenvalue weighted by atomic mass is 32.1. The average molecular weight is 372 g/mol. The van der Waals surface area contributed by atoms with Crippen LogP contribution in [0.25, 0.3) is 11.5 Å². The molecule has 0 spiro atoms. The maximum Gasteiger partial charge on any atom is 0.248 e. The maximum atomic E-state index is 12.8. The van der Waals surface area contributed by atoms with E-state index in [0.717, 1.165) is 24.1 Å². The van der Waals surface area contributed by atoms with E-state index in [-0.39, 0.29) is 24.4 Å². The summed E-state index contributed by atoms with van der Waals surface area (Å²) in [5.74, 6) is 1.27. The molecule has 3 aromatic heterocycles. The van der Waals surface area contributed by atoms with E-state index in [1.54, 1.807) is 16.0 Å². The highest BCUT2D eigenvalue weighted by molar-refractivity contribution is 7.08. The monoisotopic (exact) mass is 372 g/mol. The Hall–Kier alpha value is -2.55. The SMILES string of the molecule is CC(C)c1cn(CC(=O)N2CCCC2c2nnc(-c3ccsc3)o2)nn1. The smallest absolute Gasteiger partial charge is 0.248 e. The molecule has 1 aliphatic rings. The van der Waals surface area contributed by atoms with Gasteiger partial charge in [-0.1, -0.05) is 19.1 Å². The highest BCUT2D eigenvalue weighted by Gasteiger charge is 2.34. The summed E-state index contributed by atoms with van der Waals surface area (Å²) in [6, 6.07) is 1.77. The van der Waals surface area contributed by atoms with Gasteiger partial charge in [-0.05, 0) is 30.2 Å². The van der Waals surface area contributed by atoms with Crippen LogP contribution in [0.5, 0.6) is 0 Å². The number of likely N-dealkylation sites (tertiary alicyclic amines) is 1. The lowest BCUT2D eigenvalue weighted by molar-refractivity contribution is -0.133. The zero-order valence-corrected chi connectivity index (χ0v) is 15.5. The molecule has 136 valence electrons. The fraction of sp³-hybridized carbons (Fsp3) is 0.471. The van der Waals surface area contributed by atoms with E-state index >= 15 is 0 Å². The van der Waals surface area contributed by atoms with Crippen LogP contribution in [0.3, 0.4) is 0 Å². The lowest BCUT2D eigenvalue weighted by atomic mass is 10.2. The van der Waals surface area contributed by atoms with Gasteiger partial charge in [-0.15, -0.1) is 15.3 Å². The second-order valence-electron chi connectivity index (χ2n) is 6.70. The number of nitrogens with zero attached hydrogens (tertiary/aromatic N) is 6. The van der Waals surface area contributed by atoms with Gasteiger partial charge < -0.3 is 9.32 Å². The second kappa shape index (κ2) is 6.99. The Morgan fingerprint density at radius 2 is 2.27 bits per heavy atom. The van der Waals surface area contributed by atoms with Crippen molar-refractivity contribution in [1.29, 1.82) is 0 Å². The lowest BCUT2D eigenvalue weighted by Crippen LogP contribution is -2.33. The summed E-state index contributed by atoms with van der Waals surface area (Å²) in [4.78, 5) is 14.6. The van der Waals surface area contributed by atoms with Crippen molar-refractivity contribution in [2.45, 2.75) is 45.2 Å². The van der Waals surface area contributed by atoms with E-state index in [1.807, 2.05) is 41.8 Å². The second-order valence-corrected chi connectivity index (χ2v) is 7.48. The van der Waals surface area contributed by atoms with Crippen molar-refractivity contribution in [3.63, 3.8) is 0 Å². The number of amides is 1. The Morgan fingerprint density at radius 3 is 3.00 bits per heavy atom. The standard InChI is InChI=1S/C17H20N6O2S/c1-11(2)13-8-22(21-18-13)9-15(24)23-6-3-4-14(23)17-20-19-16(25-17)12-5-7-26-10-12/h5,7-8,10-11,14H,3-4,6,9H2,1-2H3. The van der Waals surface area contributed by atoms with Gasteiger partial charge in [-0.3, -0.25) is 4.79 Å². The molecule has 9 heteroatoms. The van der Waals surface area contributed by atoms with Gasteiger partial charge in [-0.2, -0.15) is 11.3 Å². The minimum Gasteiger partial charge on any atom is -0.418 e. The largest absolute Gasteiger partial charge is 0.418 e. The van der Waals surface area contributed by atoms with Crippen LogP contribution in [0.15, 0.2) is 27.4 Å². The van der Waals surface area contributed by atoms with E-state index < -0.39 is 0 Å². The van der Waals surface area contributed by atoms with Crippen molar-refractivity contribution in [3.05, 3.63) is 34.6 Å². The molecule has 8 nitrogen and oxygen atoms in total. The Morgan fingerprint density at radius 1 is 1.38 bits per heavy atom. The Balaban J connectivity index is 1.48. The summed E-state index contributed by atoms with van der Waals surface area (Å²) >= 11 is 1.58. The van der Waals surface area contributed by atoms with Gasteiger partial charge in [-0.25, -0.2) is 4.68 Å². The van der Waals surface area contributed by atoms with Crippen molar-refractivity contribution < 1.29 is 9.21 Å². The summed E-state index contributed by atoms with van der Waals surface area (Å²) in [7, 11) is 0. The van der Waals surface area contributed by atoms with Gasteiger partial charge in [0, 0.05) is 23.7 Å². The van der Waals surface area contributed by atoms with Crippen molar-refractivity contribution in [2.24, 2.45) is 0 Å². The molecular weight excluding hydrogens is 352 g/mol. The molecule has 1 amide bonds. The predicted octanol–water partition coefficient (Wildman–Crippen LogP) is 2.88. The van der Waals surface area contributed by atoms with E-state index in [0.29, 0.717) is 18.3 Å². The summed E-state index contributed by atoms with van der Waals surface area (Å²) in [5, 5.41) is 20.4. The van der Waals surface area contributed by atoms with Gasteiger partial charge in [0.2, 0.25) is 17.7 Å². The highest BCUT2D eigenvalue weighted by Crippen LogP contribution is 2.33. The van der Waals surface area contributed by atoms with Crippen molar-refractivity contribution in [2.75, 3.05) is 6.54 Å². The number of aromatic nitrogens is 5. The quantitative estimate of drug-likeness (QED) is 0.684. The van der Waals surface area contributed by atoms with Crippen LogP contribution in [-0.2, 0) is 11.3 Å². The molecule has 1 unspecified atom stereocenters. The molecule has 1 fully saturated rings. The normalized spacial score (nSPS) is 17.3. The third kappa shape index (κ3) is 3.26. The Labute approximate surface area is 154 Å². The molecule has 1 saturated heterocycles. The molecule has 0 radical (unpaired) electrons. The number of carbonyl (C=O) groups is 1. The molecule has 4 heterocycles. The van der Waals surface area contributed by atoms with Crippen molar-refractivity contribution in [3.8, 4) is 11.5 Å². The van der Waals surface area contributed by atoms with Gasteiger partial charge in [0.05, 0.1) is 5.69 Å². The lowest BCUT2D eigenvalue weighted by Gasteiger charge is -2.21. The molecule has 0 aromatic carbocycles. The van der Waals surface area contributed by atoms with E-state index in [9.17, 15) is 4.79 Å². The van der Waals surface area contributed by atoms with Crippen LogP contribution < -0.4 is 0 Å². The zero-order valence-electron chi connectivity index (χ0n) is 14.7. The molecule has 1 aliphatic heterocycles. The van der Waals surface area contributed by atoms with Gasteiger partial charge in [0.15, 0.2) is 0 Å². The number of hydrogen-bond acceptors (Lipinski definition) is 7. The summed E-state index contributed by atoms with van der Waals surface area (Å²) in [5.41, 5.74) is 1.79. The first-order valence-corrected chi connectivity index (χ1v) is 9.61. The van der Waals surface area contributed by atoms with Crippen LogP contribution in [0.4, 0.5) is 0 Å². The topological polar surface area (TPSA) is 89.9 Å². The van der Waals surface area contributed by atoms with Gasteiger partial charge in [0.1, 0.15) is 12.6 Å². The molecule has 0 saturated carbocycles. The average Bonchev–Trinajstić information content (AvgIpc) is 3.39. The van der Waals surface area contributed by atoms with Crippen LogP contribution in [0.2, 0.25) is 0 Å². The molecule has 4 rings (SSSR count). The minimum atomic E-state index is -0.171. The van der Waals surface area contributed by atoms with Crippen LogP contribution in [0, 0.1) is 0 Å². The summed E-state index contributed by atoms with van der Waals surface area (Å²) < 4.78 is 7.43. The van der Waals surface area contributed by atoms with Crippen LogP contribution in [0.1, 0.15) is 50.2 Å². The van der Waals surface area contributed by atoms with Gasteiger partial charge in [0.25, 0.3) is 0 Å². The molecule has 26 heavy (non-hydrogen) atoms. The van der Waals surface area contributed by atoms with E-state index in [2.05, 4.69) is 20.5 Å². The minimum absolute atomic E-state index is 0.0111. The van der Waals surface area contributed by atoms with Crippen molar-refractivity contribution in [1.82, 2.24) is 30.1 Å². The number of carbonyl (C=O) groups excluding carboxylic acids is 1. The molecule has 0 bridgehead atoms. The molecule has 0 N–H and O–H groups in total. The van der Waals surface area contributed by atoms with E-state index in [4.69, 9.17) is 4.42 Å². The van der Waals surface area contributed by atoms with Gasteiger partial charge >= 0.3 is 0 Å². The molecule has 0 aliphatic carbocycles. The third-order valence-electron chi connectivity index (χ3n) is 4.51. The molecule has 1 atom stereocenters. The first kappa shape index (κ1) is 16.9. The van der Waals surface area contributed by atoms with E-state index in [1.165, 1.54) is 0 Å². The Kier molecular flexibility index (Phi) is 4.54. The number of rotatable bonds is 5. The zero-order chi connectivity index (χ0) is 18.1. The van der Waals surface area contributed by atoms with Crippen LogP contribution in [-0.4, -0.2) is 42.5 Å². The van der Waals surface area contributed by atoms with Crippen molar-refractivity contribution >= 4 is 17.2 Å². The number of hydrogen-bond donors (Lipinski definition) is 0. The molecule has 3 aromatic rings.